The van der Waals surface area contributed by atoms with E-state index in [9.17, 15) is 14.0 Å². The van der Waals surface area contributed by atoms with E-state index < -0.39 is 11.7 Å². The number of methoxy groups -OCH3 is 1. The molecule has 0 fully saturated rings. The number of hydrogen-bond donors (Lipinski definition) is 1. The van der Waals surface area contributed by atoms with Gasteiger partial charge in [0.15, 0.2) is 0 Å². The van der Waals surface area contributed by atoms with Gasteiger partial charge < -0.3 is 10.1 Å². The maximum absolute atomic E-state index is 13.2. The van der Waals surface area contributed by atoms with Gasteiger partial charge in [0, 0.05) is 13.0 Å². The molecular formula is C12H12Cl2FNO3. The largest absolute Gasteiger partial charge is 0.469 e. The van der Waals surface area contributed by atoms with Crippen molar-refractivity contribution in [2.24, 2.45) is 0 Å². The molecule has 1 rings (SSSR count). The van der Waals surface area contributed by atoms with Crippen molar-refractivity contribution in [1.29, 1.82) is 0 Å². The van der Waals surface area contributed by atoms with Gasteiger partial charge in [-0.05, 0) is 18.6 Å². The Kier molecular flexibility index (Phi) is 6.05. The van der Waals surface area contributed by atoms with Crippen molar-refractivity contribution in [2.45, 2.75) is 12.8 Å². The SMILES string of the molecule is COC(=O)CCCNC(=O)c1cc(F)c(Cl)cc1Cl. The molecule has 19 heavy (non-hydrogen) atoms. The number of esters is 1. The summed E-state index contributed by atoms with van der Waals surface area (Å²) in [5, 5.41) is 2.45. The number of halogens is 3. The first-order valence-electron chi connectivity index (χ1n) is 5.45. The number of carbonyl (C=O) groups is 2. The molecule has 4 nitrogen and oxygen atoms in total. The van der Waals surface area contributed by atoms with Crippen LogP contribution in [0.2, 0.25) is 10.0 Å². The van der Waals surface area contributed by atoms with Gasteiger partial charge in [0.1, 0.15) is 5.82 Å². The molecule has 1 N–H and O–H groups in total. The molecule has 0 spiro atoms. The van der Waals surface area contributed by atoms with Crippen molar-refractivity contribution >= 4 is 35.1 Å². The Morgan fingerprint density at radius 3 is 2.63 bits per heavy atom. The molecular weight excluding hydrogens is 296 g/mol. The molecule has 1 aromatic carbocycles. The molecule has 0 bridgehead atoms. The summed E-state index contributed by atoms with van der Waals surface area (Å²) in [6, 6.07) is 2.14. The average Bonchev–Trinajstić information content (AvgIpc) is 2.38. The van der Waals surface area contributed by atoms with Gasteiger partial charge in [-0.1, -0.05) is 23.2 Å². The highest BCUT2D eigenvalue weighted by Gasteiger charge is 2.13. The predicted molar refractivity (Wildman–Crippen MR) is 70.0 cm³/mol. The van der Waals surface area contributed by atoms with E-state index in [4.69, 9.17) is 23.2 Å². The molecule has 0 heterocycles. The van der Waals surface area contributed by atoms with Crippen molar-refractivity contribution in [3.63, 3.8) is 0 Å². The fraction of sp³-hybridized carbons (Fsp3) is 0.333. The zero-order valence-corrected chi connectivity index (χ0v) is 11.6. The van der Waals surface area contributed by atoms with Crippen molar-refractivity contribution in [3.05, 3.63) is 33.6 Å². The lowest BCUT2D eigenvalue weighted by Crippen LogP contribution is -2.25. The van der Waals surface area contributed by atoms with E-state index in [0.717, 1.165) is 6.07 Å². The topological polar surface area (TPSA) is 55.4 Å². The Balaban J connectivity index is 2.55. The van der Waals surface area contributed by atoms with Crippen molar-refractivity contribution in [1.82, 2.24) is 5.32 Å². The minimum atomic E-state index is -0.717. The number of nitrogens with one attached hydrogen (secondary N) is 1. The second-order valence-electron chi connectivity index (χ2n) is 3.68. The normalized spacial score (nSPS) is 10.1. The fourth-order valence-electron chi connectivity index (χ4n) is 1.33. The Morgan fingerprint density at radius 2 is 2.00 bits per heavy atom. The van der Waals surface area contributed by atoms with Gasteiger partial charge in [0.05, 0.1) is 22.7 Å². The molecule has 0 aromatic heterocycles. The third-order valence-electron chi connectivity index (χ3n) is 2.33. The summed E-state index contributed by atoms with van der Waals surface area (Å²) in [5.74, 6) is -1.60. The highest BCUT2D eigenvalue weighted by molar-refractivity contribution is 6.36. The van der Waals surface area contributed by atoms with E-state index in [1.165, 1.54) is 13.2 Å². The first-order chi connectivity index (χ1) is 8.95. The first kappa shape index (κ1) is 15.7. The summed E-state index contributed by atoms with van der Waals surface area (Å²) in [4.78, 5) is 22.6. The van der Waals surface area contributed by atoms with Crippen LogP contribution in [0.1, 0.15) is 23.2 Å². The summed E-state index contributed by atoms with van der Waals surface area (Å²) in [6.07, 6.45) is 0.617. The van der Waals surface area contributed by atoms with Crippen LogP contribution in [-0.2, 0) is 9.53 Å². The quantitative estimate of drug-likeness (QED) is 0.517. The van der Waals surface area contributed by atoms with Gasteiger partial charge in [0.25, 0.3) is 5.91 Å². The Hall–Kier alpha value is -1.33. The van der Waals surface area contributed by atoms with Gasteiger partial charge in [-0.25, -0.2) is 4.39 Å². The van der Waals surface area contributed by atoms with Crippen LogP contribution in [0.4, 0.5) is 4.39 Å². The molecule has 0 aliphatic heterocycles. The van der Waals surface area contributed by atoms with Crippen LogP contribution >= 0.6 is 23.2 Å². The molecule has 0 saturated heterocycles. The minimum Gasteiger partial charge on any atom is -0.469 e. The van der Waals surface area contributed by atoms with E-state index in [1.54, 1.807) is 0 Å². The first-order valence-corrected chi connectivity index (χ1v) is 6.21. The lowest BCUT2D eigenvalue weighted by atomic mass is 10.2. The highest BCUT2D eigenvalue weighted by Crippen LogP contribution is 2.24. The summed E-state index contributed by atoms with van der Waals surface area (Å²) in [5.41, 5.74) is 0.00151. The van der Waals surface area contributed by atoms with E-state index in [2.05, 4.69) is 10.1 Å². The van der Waals surface area contributed by atoms with Gasteiger partial charge >= 0.3 is 5.97 Å². The molecule has 104 valence electrons. The second kappa shape index (κ2) is 7.31. The van der Waals surface area contributed by atoms with E-state index in [0.29, 0.717) is 6.42 Å². The summed E-state index contributed by atoms with van der Waals surface area (Å²) in [7, 11) is 1.29. The van der Waals surface area contributed by atoms with Gasteiger partial charge in [-0.15, -0.1) is 0 Å². The molecule has 0 atom stereocenters. The Labute approximate surface area is 119 Å². The summed E-state index contributed by atoms with van der Waals surface area (Å²) >= 11 is 11.3. The molecule has 1 amide bonds. The lowest BCUT2D eigenvalue weighted by molar-refractivity contribution is -0.140. The second-order valence-corrected chi connectivity index (χ2v) is 4.50. The summed E-state index contributed by atoms with van der Waals surface area (Å²) < 4.78 is 17.7. The Bertz CT molecular complexity index is 494. The fourth-order valence-corrected chi connectivity index (χ4v) is 1.80. The molecule has 7 heteroatoms. The molecule has 0 unspecified atom stereocenters. The van der Waals surface area contributed by atoms with Crippen LogP contribution in [0.25, 0.3) is 0 Å². The van der Waals surface area contributed by atoms with E-state index >= 15 is 0 Å². The molecule has 0 aliphatic rings. The maximum Gasteiger partial charge on any atom is 0.305 e. The minimum absolute atomic E-state index is 0.00151. The van der Waals surface area contributed by atoms with Crippen molar-refractivity contribution in [2.75, 3.05) is 13.7 Å². The number of amides is 1. The monoisotopic (exact) mass is 307 g/mol. The smallest absolute Gasteiger partial charge is 0.305 e. The van der Waals surface area contributed by atoms with E-state index in [1.807, 2.05) is 0 Å². The molecule has 0 aliphatic carbocycles. The molecule has 1 aromatic rings. The standard InChI is InChI=1S/C12H12Cl2FNO3/c1-19-11(17)3-2-4-16-12(18)7-5-10(15)9(14)6-8(7)13/h5-6H,2-4H2,1H3,(H,16,18). The van der Waals surface area contributed by atoms with Crippen LogP contribution in [0.3, 0.4) is 0 Å². The third-order valence-corrected chi connectivity index (χ3v) is 2.93. The van der Waals surface area contributed by atoms with Crippen LogP contribution < -0.4 is 5.32 Å². The zero-order chi connectivity index (χ0) is 14.4. The van der Waals surface area contributed by atoms with Crippen molar-refractivity contribution in [3.8, 4) is 0 Å². The van der Waals surface area contributed by atoms with Gasteiger partial charge in [0.2, 0.25) is 0 Å². The number of hydrogen-bond acceptors (Lipinski definition) is 3. The van der Waals surface area contributed by atoms with E-state index in [-0.39, 0.29) is 34.5 Å². The maximum atomic E-state index is 13.2. The average molecular weight is 308 g/mol. The van der Waals surface area contributed by atoms with Crippen LogP contribution in [0.15, 0.2) is 12.1 Å². The number of ether oxygens (including phenoxy) is 1. The van der Waals surface area contributed by atoms with Crippen LogP contribution in [-0.4, -0.2) is 25.5 Å². The summed E-state index contributed by atoms with van der Waals surface area (Å²) in [6.45, 7) is 0.258. The number of rotatable bonds is 5. The lowest BCUT2D eigenvalue weighted by Gasteiger charge is -2.07. The highest BCUT2D eigenvalue weighted by atomic mass is 35.5. The van der Waals surface area contributed by atoms with Crippen LogP contribution in [0.5, 0.6) is 0 Å². The predicted octanol–water partition coefficient (Wildman–Crippen LogP) is 2.82. The molecule has 0 radical (unpaired) electrons. The van der Waals surface area contributed by atoms with Crippen LogP contribution in [0, 0.1) is 5.82 Å². The number of carbonyl (C=O) groups excluding carboxylic acids is 2. The van der Waals surface area contributed by atoms with Crippen molar-refractivity contribution < 1.29 is 18.7 Å². The van der Waals surface area contributed by atoms with Gasteiger partial charge in [-0.2, -0.15) is 0 Å². The Morgan fingerprint density at radius 1 is 1.32 bits per heavy atom. The molecule has 0 saturated carbocycles. The zero-order valence-electron chi connectivity index (χ0n) is 10.1. The third kappa shape index (κ3) is 4.69. The van der Waals surface area contributed by atoms with Gasteiger partial charge in [-0.3, -0.25) is 9.59 Å². The number of benzene rings is 1.